The first-order valence-electron chi connectivity index (χ1n) is 8.58. The van der Waals surface area contributed by atoms with Gasteiger partial charge >= 0.3 is 6.09 Å². The number of nitrogens with zero attached hydrogens (tertiary/aromatic N) is 4. The van der Waals surface area contributed by atoms with Gasteiger partial charge in [0, 0.05) is 24.8 Å². The lowest BCUT2D eigenvalue weighted by molar-refractivity contribution is 0.0270. The molecule has 0 fully saturated rings. The lowest BCUT2D eigenvalue weighted by Gasteiger charge is -2.29. The monoisotopic (exact) mass is 350 g/mol. The topological polar surface area (TPSA) is 71.2 Å². The molecule has 6 heteroatoms. The smallest absolute Gasteiger partial charge is 0.410 e. The van der Waals surface area contributed by atoms with Crippen LogP contribution in [0.2, 0.25) is 0 Å². The number of amides is 1. The van der Waals surface area contributed by atoms with Gasteiger partial charge in [0.25, 0.3) is 0 Å². The number of rotatable bonds is 2. The van der Waals surface area contributed by atoms with Crippen LogP contribution in [0.25, 0.3) is 11.3 Å². The summed E-state index contributed by atoms with van der Waals surface area (Å²) < 4.78 is 7.21. The van der Waals surface area contributed by atoms with Crippen LogP contribution in [-0.4, -0.2) is 39.5 Å². The summed E-state index contributed by atoms with van der Waals surface area (Å²) in [7, 11) is 0. The van der Waals surface area contributed by atoms with Crippen LogP contribution >= 0.6 is 0 Å². The molecule has 26 heavy (non-hydrogen) atoms. The van der Waals surface area contributed by atoms with E-state index >= 15 is 0 Å². The van der Waals surface area contributed by atoms with Crippen molar-refractivity contribution < 1.29 is 9.53 Å². The molecule has 1 aliphatic rings. The lowest BCUT2D eigenvalue weighted by Crippen LogP contribution is -2.39. The predicted octanol–water partition coefficient (Wildman–Crippen LogP) is 3.77. The van der Waals surface area contributed by atoms with E-state index in [0.717, 1.165) is 17.7 Å². The van der Waals surface area contributed by atoms with Gasteiger partial charge in [0.2, 0.25) is 0 Å². The van der Waals surface area contributed by atoms with E-state index in [2.05, 4.69) is 11.2 Å². The van der Waals surface area contributed by atoms with E-state index in [1.165, 1.54) is 5.57 Å². The summed E-state index contributed by atoms with van der Waals surface area (Å²) >= 11 is 0. The van der Waals surface area contributed by atoms with E-state index in [9.17, 15) is 4.79 Å². The Kier molecular flexibility index (Phi) is 4.81. The van der Waals surface area contributed by atoms with Crippen molar-refractivity contribution in [3.05, 3.63) is 53.9 Å². The van der Waals surface area contributed by atoms with E-state index in [1.54, 1.807) is 21.7 Å². The van der Waals surface area contributed by atoms with E-state index in [4.69, 9.17) is 10.00 Å². The first kappa shape index (κ1) is 17.7. The number of carbonyl (C=O) groups is 1. The van der Waals surface area contributed by atoms with Gasteiger partial charge < -0.3 is 9.64 Å². The van der Waals surface area contributed by atoms with Crippen molar-refractivity contribution in [3.63, 3.8) is 0 Å². The molecule has 1 amide bonds. The number of carbonyl (C=O) groups excluding carboxylic acids is 1. The number of benzene rings is 1. The summed E-state index contributed by atoms with van der Waals surface area (Å²) in [6.07, 6.45) is 6.33. The Bertz CT molecular complexity index is 866. The van der Waals surface area contributed by atoms with Crippen LogP contribution in [0.3, 0.4) is 0 Å². The fourth-order valence-electron chi connectivity index (χ4n) is 2.74. The van der Waals surface area contributed by atoms with E-state index in [1.807, 2.05) is 51.4 Å². The molecule has 0 bridgehead atoms. The van der Waals surface area contributed by atoms with Crippen molar-refractivity contribution in [2.45, 2.75) is 32.8 Å². The highest BCUT2D eigenvalue weighted by atomic mass is 16.6. The van der Waals surface area contributed by atoms with Crippen molar-refractivity contribution in [1.29, 1.82) is 5.26 Å². The van der Waals surface area contributed by atoms with Crippen molar-refractivity contribution in [2.24, 2.45) is 0 Å². The Hall–Kier alpha value is -3.07. The van der Waals surface area contributed by atoms with Crippen LogP contribution in [-0.2, 0) is 4.74 Å². The molecule has 0 N–H and O–H groups in total. The third-order valence-corrected chi connectivity index (χ3v) is 4.08. The van der Waals surface area contributed by atoms with Crippen molar-refractivity contribution in [3.8, 4) is 11.8 Å². The van der Waals surface area contributed by atoms with Crippen LogP contribution in [0.1, 0.15) is 38.3 Å². The number of ether oxygens (including phenoxy) is 1. The minimum atomic E-state index is -0.483. The molecular formula is C20H22N4O2. The fraction of sp³-hybridized carbons (Fsp3) is 0.350. The van der Waals surface area contributed by atoms with Gasteiger partial charge in [0.05, 0.1) is 23.5 Å². The summed E-state index contributed by atoms with van der Waals surface area (Å²) in [4.78, 5) is 13.8. The van der Waals surface area contributed by atoms with Crippen molar-refractivity contribution in [1.82, 2.24) is 14.7 Å². The molecule has 2 heterocycles. The molecule has 1 aromatic heterocycles. The minimum absolute atomic E-state index is 0.277. The van der Waals surface area contributed by atoms with Crippen LogP contribution in [0, 0.1) is 11.3 Å². The molecule has 2 aromatic rings. The quantitative estimate of drug-likeness (QED) is 0.826. The average molecular weight is 350 g/mol. The SMILES string of the molecule is CC(C)(C)OC(=O)N1CC=C(c2cnn(-c3ccc(C#N)cc3)c2)CC1. The zero-order chi connectivity index (χ0) is 18.7. The lowest BCUT2D eigenvalue weighted by atomic mass is 10.0. The Morgan fingerprint density at radius 2 is 2.00 bits per heavy atom. The molecule has 1 aliphatic heterocycles. The third kappa shape index (κ3) is 4.12. The largest absolute Gasteiger partial charge is 0.444 e. The van der Waals surface area contributed by atoms with Crippen LogP contribution in [0.15, 0.2) is 42.7 Å². The molecule has 0 saturated heterocycles. The summed E-state index contributed by atoms with van der Waals surface area (Å²) in [6, 6.07) is 9.39. The highest BCUT2D eigenvalue weighted by molar-refractivity contribution is 5.72. The van der Waals surface area contributed by atoms with Gasteiger partial charge in [0.15, 0.2) is 0 Å². The molecule has 3 rings (SSSR count). The summed E-state index contributed by atoms with van der Waals surface area (Å²) in [5, 5.41) is 13.3. The molecule has 0 unspecified atom stereocenters. The first-order chi connectivity index (χ1) is 12.4. The molecule has 0 radical (unpaired) electrons. The number of hydrogen-bond donors (Lipinski definition) is 0. The standard InChI is InChI=1S/C20H22N4O2/c1-20(2,3)26-19(25)23-10-8-16(9-11-23)17-13-22-24(14-17)18-6-4-15(12-21)5-7-18/h4-8,13-14H,9-11H2,1-3H3. The Morgan fingerprint density at radius 3 is 2.58 bits per heavy atom. The van der Waals surface area contributed by atoms with Gasteiger partial charge in [-0.1, -0.05) is 6.08 Å². The molecular weight excluding hydrogens is 328 g/mol. The molecule has 0 saturated carbocycles. The van der Waals surface area contributed by atoms with Gasteiger partial charge in [-0.3, -0.25) is 0 Å². The van der Waals surface area contributed by atoms with Crippen LogP contribution in [0.4, 0.5) is 4.79 Å². The van der Waals surface area contributed by atoms with E-state index in [-0.39, 0.29) is 6.09 Å². The first-order valence-corrected chi connectivity index (χ1v) is 8.58. The summed E-state index contributed by atoms with van der Waals surface area (Å²) in [6.45, 7) is 6.77. The number of nitriles is 1. The fourth-order valence-corrected chi connectivity index (χ4v) is 2.74. The Balaban J connectivity index is 1.68. The molecule has 0 atom stereocenters. The summed E-state index contributed by atoms with van der Waals surface area (Å²) in [5.74, 6) is 0. The van der Waals surface area contributed by atoms with Crippen molar-refractivity contribution >= 4 is 11.7 Å². The zero-order valence-corrected chi connectivity index (χ0v) is 15.3. The highest BCUT2D eigenvalue weighted by Crippen LogP contribution is 2.24. The predicted molar refractivity (Wildman–Crippen MR) is 98.7 cm³/mol. The molecule has 6 nitrogen and oxygen atoms in total. The van der Waals surface area contributed by atoms with E-state index < -0.39 is 5.60 Å². The van der Waals surface area contributed by atoms with Gasteiger partial charge in [-0.2, -0.15) is 10.4 Å². The second kappa shape index (κ2) is 7.04. The maximum absolute atomic E-state index is 12.1. The molecule has 1 aromatic carbocycles. The van der Waals surface area contributed by atoms with Crippen molar-refractivity contribution in [2.75, 3.05) is 13.1 Å². The molecule has 0 aliphatic carbocycles. The Morgan fingerprint density at radius 1 is 1.27 bits per heavy atom. The minimum Gasteiger partial charge on any atom is -0.444 e. The van der Waals surface area contributed by atoms with Crippen LogP contribution in [0.5, 0.6) is 0 Å². The third-order valence-electron chi connectivity index (χ3n) is 4.08. The average Bonchev–Trinajstić information content (AvgIpc) is 3.10. The highest BCUT2D eigenvalue weighted by Gasteiger charge is 2.24. The Labute approximate surface area is 153 Å². The van der Waals surface area contributed by atoms with Crippen LogP contribution < -0.4 is 0 Å². The van der Waals surface area contributed by atoms with E-state index in [0.29, 0.717) is 18.7 Å². The normalized spacial score (nSPS) is 14.5. The van der Waals surface area contributed by atoms with Gasteiger partial charge in [0.1, 0.15) is 5.60 Å². The van der Waals surface area contributed by atoms with Gasteiger partial charge in [-0.25, -0.2) is 9.48 Å². The molecule has 134 valence electrons. The number of hydrogen-bond acceptors (Lipinski definition) is 4. The zero-order valence-electron chi connectivity index (χ0n) is 15.3. The van der Waals surface area contributed by atoms with Gasteiger partial charge in [-0.05, 0) is 57.0 Å². The second-order valence-electron chi connectivity index (χ2n) is 7.24. The molecule has 0 spiro atoms. The summed E-state index contributed by atoms with van der Waals surface area (Å²) in [5.41, 5.74) is 3.26. The van der Waals surface area contributed by atoms with Gasteiger partial charge in [-0.15, -0.1) is 0 Å². The second-order valence-corrected chi connectivity index (χ2v) is 7.24. The number of aromatic nitrogens is 2. The maximum atomic E-state index is 12.1. The maximum Gasteiger partial charge on any atom is 0.410 e.